The lowest BCUT2D eigenvalue weighted by atomic mass is 10.2. The first-order chi connectivity index (χ1) is 12.8. The van der Waals surface area contributed by atoms with E-state index in [1.807, 2.05) is 0 Å². The standard InChI is InChI=1S/2C7H8N2O2.C3H4O2/c2*8-9-6-4-2-1-3-5(6)7(10)11;1-3(5)2-4/h2*1-4,9H,8H2,(H,10,11);2H,1H3. The van der Waals surface area contributed by atoms with E-state index < -0.39 is 17.7 Å². The molecular weight excluding hydrogens is 356 g/mol. The number of carbonyl (C=O) groups excluding carboxylic acids is 2. The number of hydrogen-bond acceptors (Lipinski definition) is 8. The Bertz CT molecular complexity index is 737. The Kier molecular flexibility index (Phi) is 10.8. The van der Waals surface area contributed by atoms with Gasteiger partial charge in [-0.25, -0.2) is 9.59 Å². The minimum absolute atomic E-state index is 0.176. The van der Waals surface area contributed by atoms with Gasteiger partial charge < -0.3 is 21.1 Å². The summed E-state index contributed by atoms with van der Waals surface area (Å²) in [6.45, 7) is 1.22. The van der Waals surface area contributed by atoms with Gasteiger partial charge in [0.2, 0.25) is 0 Å². The largest absolute Gasteiger partial charge is 0.478 e. The number of aromatic carboxylic acids is 2. The van der Waals surface area contributed by atoms with E-state index in [1.54, 1.807) is 36.4 Å². The molecule has 0 unspecified atom stereocenters. The molecule has 144 valence electrons. The highest BCUT2D eigenvalue weighted by Gasteiger charge is 2.06. The minimum Gasteiger partial charge on any atom is -0.478 e. The van der Waals surface area contributed by atoms with Crippen molar-refractivity contribution in [1.29, 1.82) is 0 Å². The molecule has 0 aliphatic heterocycles. The highest BCUT2D eigenvalue weighted by molar-refractivity contribution is 6.23. The molecule has 27 heavy (non-hydrogen) atoms. The zero-order chi connectivity index (χ0) is 20.8. The van der Waals surface area contributed by atoms with E-state index in [0.717, 1.165) is 0 Å². The molecule has 0 radical (unpaired) electrons. The summed E-state index contributed by atoms with van der Waals surface area (Å²) in [5, 5.41) is 17.2. The van der Waals surface area contributed by atoms with E-state index in [2.05, 4.69) is 10.9 Å². The molecule has 2 aromatic carbocycles. The van der Waals surface area contributed by atoms with E-state index in [0.29, 0.717) is 11.4 Å². The maximum atomic E-state index is 10.5. The molecule has 2 rings (SSSR count). The van der Waals surface area contributed by atoms with Crippen molar-refractivity contribution >= 4 is 35.4 Å². The van der Waals surface area contributed by atoms with E-state index in [1.165, 1.54) is 19.1 Å². The van der Waals surface area contributed by atoms with Crippen molar-refractivity contribution in [3.8, 4) is 0 Å². The number of nitrogen functional groups attached to an aromatic ring is 2. The minimum atomic E-state index is -0.987. The van der Waals surface area contributed by atoms with E-state index in [4.69, 9.17) is 26.7 Å². The quantitative estimate of drug-likeness (QED) is 0.191. The molecule has 8 N–H and O–H groups in total. The molecule has 0 fully saturated rings. The molecule has 10 heteroatoms. The van der Waals surface area contributed by atoms with Crippen LogP contribution in [0.1, 0.15) is 27.6 Å². The topological polar surface area (TPSA) is 185 Å². The second-order valence-corrected chi connectivity index (χ2v) is 4.72. The third-order valence-electron chi connectivity index (χ3n) is 2.79. The van der Waals surface area contributed by atoms with Gasteiger partial charge in [-0.2, -0.15) is 0 Å². The molecule has 2 aromatic rings. The molecule has 0 amide bonds. The number of benzene rings is 2. The third-order valence-corrected chi connectivity index (χ3v) is 2.79. The molecule has 0 saturated heterocycles. The predicted octanol–water partition coefficient (Wildman–Crippen LogP) is 1.12. The number of nitrogens with one attached hydrogen (secondary N) is 2. The van der Waals surface area contributed by atoms with Gasteiger partial charge >= 0.3 is 11.9 Å². The number of para-hydroxylation sites is 2. The van der Waals surface area contributed by atoms with E-state index in [-0.39, 0.29) is 17.4 Å². The number of rotatable bonds is 5. The fraction of sp³-hybridized carbons (Fsp3) is 0.0588. The molecule has 0 aromatic heterocycles. The number of carboxylic acid groups (broad SMARTS) is 2. The van der Waals surface area contributed by atoms with Crippen LogP contribution in [0.25, 0.3) is 0 Å². The Labute approximate surface area is 154 Å². The summed E-state index contributed by atoms with van der Waals surface area (Å²) in [6, 6.07) is 12.9. The van der Waals surface area contributed by atoms with Crippen molar-refractivity contribution in [3.05, 3.63) is 59.7 Å². The van der Waals surface area contributed by atoms with Gasteiger partial charge in [-0.05, 0) is 24.3 Å². The Morgan fingerprint density at radius 2 is 1.11 bits per heavy atom. The zero-order valence-electron chi connectivity index (χ0n) is 14.4. The predicted molar refractivity (Wildman–Crippen MR) is 99.2 cm³/mol. The van der Waals surface area contributed by atoms with Gasteiger partial charge in [-0.15, -0.1) is 0 Å². The van der Waals surface area contributed by atoms with E-state index >= 15 is 0 Å². The maximum Gasteiger partial charge on any atom is 0.337 e. The summed E-state index contributed by atoms with van der Waals surface area (Å²) in [5.41, 5.74) is 5.78. The van der Waals surface area contributed by atoms with Crippen LogP contribution < -0.4 is 22.5 Å². The number of anilines is 2. The molecule has 0 saturated carbocycles. The van der Waals surface area contributed by atoms with Gasteiger partial charge in [0.15, 0.2) is 12.1 Å². The van der Waals surface area contributed by atoms with Crippen LogP contribution >= 0.6 is 0 Å². The molecule has 0 bridgehead atoms. The summed E-state index contributed by atoms with van der Waals surface area (Å²) in [6.07, 6.45) is 0.278. The zero-order valence-corrected chi connectivity index (χ0v) is 14.4. The van der Waals surface area contributed by atoms with Gasteiger partial charge in [0.25, 0.3) is 0 Å². The van der Waals surface area contributed by atoms with Crippen LogP contribution in [0.15, 0.2) is 48.5 Å². The lowest BCUT2D eigenvalue weighted by Crippen LogP contribution is -2.11. The molecule has 0 aliphatic rings. The van der Waals surface area contributed by atoms with Crippen LogP contribution in [0.2, 0.25) is 0 Å². The average Bonchev–Trinajstić information content (AvgIpc) is 2.68. The first kappa shape index (κ1) is 23.2. The number of Topliss-reactive ketones (excluding diaryl/α,β-unsaturated/α-hetero) is 1. The first-order valence-corrected chi connectivity index (χ1v) is 7.32. The van der Waals surface area contributed by atoms with Gasteiger partial charge in [0.1, 0.15) is 0 Å². The van der Waals surface area contributed by atoms with Crippen molar-refractivity contribution in [2.24, 2.45) is 11.7 Å². The van der Waals surface area contributed by atoms with Gasteiger partial charge in [-0.1, -0.05) is 24.3 Å². The SMILES string of the molecule is CC(=O)C=O.NNc1ccccc1C(=O)O.NNc1ccccc1C(=O)O. The van der Waals surface area contributed by atoms with Crippen molar-refractivity contribution in [2.75, 3.05) is 10.9 Å². The lowest BCUT2D eigenvalue weighted by molar-refractivity contribution is -0.128. The lowest BCUT2D eigenvalue weighted by Gasteiger charge is -2.02. The number of carboxylic acids is 2. The number of hydrogen-bond donors (Lipinski definition) is 6. The molecular formula is C17H20N4O6. The molecule has 0 spiro atoms. The summed E-state index contributed by atoms with van der Waals surface area (Å²) in [5.74, 6) is 7.75. The van der Waals surface area contributed by atoms with Crippen LogP contribution in [-0.2, 0) is 9.59 Å². The number of hydrazine groups is 2. The Balaban J connectivity index is 0.000000405. The maximum absolute atomic E-state index is 10.5. The smallest absolute Gasteiger partial charge is 0.337 e. The molecule has 0 aliphatic carbocycles. The van der Waals surface area contributed by atoms with Crippen molar-refractivity contribution < 1.29 is 29.4 Å². The number of aldehydes is 1. The fourth-order valence-electron chi connectivity index (χ4n) is 1.59. The van der Waals surface area contributed by atoms with Crippen molar-refractivity contribution in [2.45, 2.75) is 6.92 Å². The first-order valence-electron chi connectivity index (χ1n) is 7.32. The van der Waals surface area contributed by atoms with E-state index in [9.17, 15) is 14.4 Å². The number of carbonyl (C=O) groups is 4. The highest BCUT2D eigenvalue weighted by atomic mass is 16.4. The molecule has 10 nitrogen and oxygen atoms in total. The second kappa shape index (κ2) is 12.6. The van der Waals surface area contributed by atoms with Crippen molar-refractivity contribution in [1.82, 2.24) is 0 Å². The Morgan fingerprint density at radius 1 is 0.815 bits per heavy atom. The van der Waals surface area contributed by atoms with Gasteiger partial charge in [-0.3, -0.25) is 21.3 Å². The Hall–Kier alpha value is -3.76. The van der Waals surface area contributed by atoms with Crippen LogP contribution in [0.5, 0.6) is 0 Å². The average molecular weight is 376 g/mol. The summed E-state index contributed by atoms with van der Waals surface area (Å²) in [4.78, 5) is 39.6. The van der Waals surface area contributed by atoms with Gasteiger partial charge in [0, 0.05) is 6.92 Å². The summed E-state index contributed by atoms with van der Waals surface area (Å²) >= 11 is 0. The molecule has 0 heterocycles. The monoisotopic (exact) mass is 376 g/mol. The molecule has 0 atom stereocenters. The second-order valence-electron chi connectivity index (χ2n) is 4.72. The number of nitrogens with two attached hydrogens (primary N) is 2. The van der Waals surface area contributed by atoms with Crippen LogP contribution in [0, 0.1) is 0 Å². The van der Waals surface area contributed by atoms with Gasteiger partial charge in [0.05, 0.1) is 22.5 Å². The third kappa shape index (κ3) is 8.77. The van der Waals surface area contributed by atoms with Crippen LogP contribution in [-0.4, -0.2) is 34.2 Å². The fourth-order valence-corrected chi connectivity index (χ4v) is 1.59. The number of ketones is 1. The summed E-state index contributed by atoms with van der Waals surface area (Å²) in [7, 11) is 0. The van der Waals surface area contributed by atoms with Crippen LogP contribution in [0.4, 0.5) is 11.4 Å². The summed E-state index contributed by atoms with van der Waals surface area (Å²) < 4.78 is 0. The Morgan fingerprint density at radius 3 is 1.30 bits per heavy atom. The normalized spacial score (nSPS) is 8.70. The van der Waals surface area contributed by atoms with Crippen molar-refractivity contribution in [3.63, 3.8) is 0 Å². The highest BCUT2D eigenvalue weighted by Crippen LogP contribution is 2.13. The van der Waals surface area contributed by atoms with Crippen LogP contribution in [0.3, 0.4) is 0 Å².